The van der Waals surface area contributed by atoms with Crippen LogP contribution in [0.4, 0.5) is 4.39 Å². The number of nitrogens with zero attached hydrogens (tertiary/aromatic N) is 2. The van der Waals surface area contributed by atoms with Crippen LogP contribution in [0.2, 0.25) is 0 Å². The molecule has 16 heavy (non-hydrogen) atoms. The average Bonchev–Trinajstić information content (AvgIpc) is 2.70. The maximum absolute atomic E-state index is 14.4. The Balaban J connectivity index is 2.18. The number of nitrogens with one attached hydrogen (secondary N) is 1. The lowest BCUT2D eigenvalue weighted by atomic mass is 9.93. The smallest absolute Gasteiger partial charge is 0.147 e. The van der Waals surface area contributed by atoms with Crippen molar-refractivity contribution in [2.45, 2.75) is 32.5 Å². The molecule has 1 aliphatic rings. The SMILES string of the molecule is CCn1ncc(Br)c1C(F)C1CCCNC1. The highest BCUT2D eigenvalue weighted by Gasteiger charge is 2.29. The van der Waals surface area contributed by atoms with Crippen molar-refractivity contribution in [2.75, 3.05) is 13.1 Å². The molecule has 0 radical (unpaired) electrons. The second kappa shape index (κ2) is 5.27. The van der Waals surface area contributed by atoms with Crippen LogP contribution in [0.5, 0.6) is 0 Å². The van der Waals surface area contributed by atoms with Crippen LogP contribution >= 0.6 is 15.9 Å². The summed E-state index contributed by atoms with van der Waals surface area (Å²) in [5.74, 6) is 0.0760. The molecule has 0 aromatic carbocycles. The van der Waals surface area contributed by atoms with Crippen LogP contribution in [0.3, 0.4) is 0 Å². The van der Waals surface area contributed by atoms with E-state index >= 15 is 0 Å². The van der Waals surface area contributed by atoms with E-state index in [1.54, 1.807) is 10.9 Å². The van der Waals surface area contributed by atoms with E-state index in [4.69, 9.17) is 0 Å². The van der Waals surface area contributed by atoms with Crippen molar-refractivity contribution in [1.29, 1.82) is 0 Å². The van der Waals surface area contributed by atoms with Crippen LogP contribution in [-0.2, 0) is 6.54 Å². The highest BCUT2D eigenvalue weighted by Crippen LogP contribution is 2.34. The Labute approximate surface area is 104 Å². The lowest BCUT2D eigenvalue weighted by Crippen LogP contribution is -2.32. The van der Waals surface area contributed by atoms with Crippen molar-refractivity contribution in [3.8, 4) is 0 Å². The number of halogens is 2. The second-order valence-electron chi connectivity index (χ2n) is 4.20. The summed E-state index contributed by atoms with van der Waals surface area (Å²) in [5.41, 5.74) is 0.691. The zero-order valence-corrected chi connectivity index (χ0v) is 11.0. The first kappa shape index (κ1) is 12.0. The maximum atomic E-state index is 14.4. The molecule has 2 atom stereocenters. The quantitative estimate of drug-likeness (QED) is 0.927. The number of piperidine rings is 1. The Morgan fingerprint density at radius 2 is 2.56 bits per heavy atom. The molecule has 2 unspecified atom stereocenters. The summed E-state index contributed by atoms with van der Waals surface area (Å²) in [6, 6.07) is 0. The first-order chi connectivity index (χ1) is 7.74. The highest BCUT2D eigenvalue weighted by molar-refractivity contribution is 9.10. The largest absolute Gasteiger partial charge is 0.316 e. The van der Waals surface area contributed by atoms with Gasteiger partial charge in [0.2, 0.25) is 0 Å². The van der Waals surface area contributed by atoms with Crippen molar-refractivity contribution in [3.05, 3.63) is 16.4 Å². The zero-order valence-electron chi connectivity index (χ0n) is 9.42. The van der Waals surface area contributed by atoms with Crippen molar-refractivity contribution >= 4 is 15.9 Å². The van der Waals surface area contributed by atoms with Gasteiger partial charge in [-0.25, -0.2) is 4.39 Å². The minimum atomic E-state index is -0.926. The Kier molecular flexibility index (Phi) is 3.97. The second-order valence-corrected chi connectivity index (χ2v) is 5.06. The van der Waals surface area contributed by atoms with Gasteiger partial charge in [0.25, 0.3) is 0 Å². The van der Waals surface area contributed by atoms with Crippen LogP contribution in [0, 0.1) is 5.92 Å². The fourth-order valence-corrected chi connectivity index (χ4v) is 2.76. The molecule has 90 valence electrons. The monoisotopic (exact) mass is 289 g/mol. The van der Waals surface area contributed by atoms with Gasteiger partial charge in [-0.1, -0.05) is 0 Å². The van der Waals surface area contributed by atoms with Crippen molar-refractivity contribution < 1.29 is 4.39 Å². The van der Waals surface area contributed by atoms with Crippen LogP contribution < -0.4 is 5.32 Å². The molecule has 1 N–H and O–H groups in total. The summed E-state index contributed by atoms with van der Waals surface area (Å²) in [7, 11) is 0. The Morgan fingerprint density at radius 1 is 1.75 bits per heavy atom. The molecule has 1 fully saturated rings. The minimum absolute atomic E-state index is 0.0760. The van der Waals surface area contributed by atoms with E-state index in [9.17, 15) is 4.39 Å². The molecule has 1 saturated heterocycles. The van der Waals surface area contributed by atoms with Gasteiger partial charge in [-0.15, -0.1) is 0 Å². The van der Waals surface area contributed by atoms with Crippen molar-refractivity contribution in [1.82, 2.24) is 15.1 Å². The standard InChI is InChI=1S/C11H17BrFN3/c1-2-16-11(9(12)7-15-16)10(13)8-4-3-5-14-6-8/h7-8,10,14H,2-6H2,1H3. The van der Waals surface area contributed by atoms with Gasteiger partial charge in [0.1, 0.15) is 6.17 Å². The Morgan fingerprint density at radius 3 is 3.19 bits per heavy atom. The summed E-state index contributed by atoms with van der Waals surface area (Å²) >= 11 is 3.38. The molecule has 2 heterocycles. The molecule has 2 rings (SSSR count). The third kappa shape index (κ3) is 2.30. The lowest BCUT2D eigenvalue weighted by Gasteiger charge is -2.26. The molecule has 1 aromatic rings. The third-order valence-electron chi connectivity index (χ3n) is 3.14. The number of aromatic nitrogens is 2. The van der Waals surface area contributed by atoms with Gasteiger partial charge in [-0.3, -0.25) is 4.68 Å². The summed E-state index contributed by atoms with van der Waals surface area (Å²) in [5, 5.41) is 7.41. The predicted molar refractivity (Wildman–Crippen MR) is 65.0 cm³/mol. The fourth-order valence-electron chi connectivity index (χ4n) is 2.25. The van der Waals surface area contributed by atoms with Crippen molar-refractivity contribution in [2.24, 2.45) is 5.92 Å². The molecule has 1 aromatic heterocycles. The molecule has 0 saturated carbocycles. The number of alkyl halides is 1. The zero-order chi connectivity index (χ0) is 11.5. The van der Waals surface area contributed by atoms with Crippen LogP contribution in [0.1, 0.15) is 31.6 Å². The van der Waals surface area contributed by atoms with Gasteiger partial charge < -0.3 is 5.32 Å². The fraction of sp³-hybridized carbons (Fsp3) is 0.727. The van der Waals surface area contributed by atoms with E-state index in [0.717, 1.165) is 30.4 Å². The molecule has 0 aliphatic carbocycles. The number of rotatable bonds is 3. The van der Waals surface area contributed by atoms with Gasteiger partial charge >= 0.3 is 0 Å². The first-order valence-electron chi connectivity index (χ1n) is 5.80. The third-order valence-corrected chi connectivity index (χ3v) is 3.75. The first-order valence-corrected chi connectivity index (χ1v) is 6.59. The summed E-state index contributed by atoms with van der Waals surface area (Å²) in [6.45, 7) is 4.47. The Hall–Kier alpha value is -0.420. The number of hydrogen-bond donors (Lipinski definition) is 1. The van der Waals surface area contributed by atoms with Gasteiger partial charge in [0.15, 0.2) is 0 Å². The van der Waals surface area contributed by atoms with Gasteiger partial charge in [0.05, 0.1) is 16.4 Å². The summed E-state index contributed by atoms with van der Waals surface area (Å²) < 4.78 is 17.0. The van der Waals surface area contributed by atoms with E-state index in [0.29, 0.717) is 12.2 Å². The summed E-state index contributed by atoms with van der Waals surface area (Å²) in [6.07, 6.45) is 2.77. The van der Waals surface area contributed by atoms with Gasteiger partial charge in [0, 0.05) is 19.0 Å². The minimum Gasteiger partial charge on any atom is -0.316 e. The number of hydrogen-bond acceptors (Lipinski definition) is 2. The summed E-state index contributed by atoms with van der Waals surface area (Å²) in [4.78, 5) is 0. The normalized spacial score (nSPS) is 23.3. The van der Waals surface area contributed by atoms with Crippen LogP contribution in [0.25, 0.3) is 0 Å². The van der Waals surface area contributed by atoms with Gasteiger partial charge in [-0.05, 0) is 42.2 Å². The predicted octanol–water partition coefficient (Wildman–Crippen LogP) is 2.68. The van der Waals surface area contributed by atoms with Gasteiger partial charge in [-0.2, -0.15) is 5.10 Å². The van der Waals surface area contributed by atoms with E-state index < -0.39 is 6.17 Å². The molecule has 5 heteroatoms. The molecular weight excluding hydrogens is 273 g/mol. The highest BCUT2D eigenvalue weighted by atomic mass is 79.9. The molecular formula is C11H17BrFN3. The number of aryl methyl sites for hydroxylation is 1. The van der Waals surface area contributed by atoms with Crippen molar-refractivity contribution in [3.63, 3.8) is 0 Å². The van der Waals surface area contributed by atoms with Crippen LogP contribution in [0.15, 0.2) is 10.7 Å². The topological polar surface area (TPSA) is 29.9 Å². The Bertz CT molecular complexity index is 347. The molecule has 0 spiro atoms. The van der Waals surface area contributed by atoms with Crippen LogP contribution in [-0.4, -0.2) is 22.9 Å². The molecule has 1 aliphatic heterocycles. The average molecular weight is 290 g/mol. The van der Waals surface area contributed by atoms with E-state index in [-0.39, 0.29) is 5.92 Å². The maximum Gasteiger partial charge on any atom is 0.147 e. The molecule has 0 amide bonds. The van der Waals surface area contributed by atoms with E-state index in [2.05, 4.69) is 26.3 Å². The molecule has 0 bridgehead atoms. The lowest BCUT2D eigenvalue weighted by molar-refractivity contribution is 0.183. The van der Waals surface area contributed by atoms with E-state index in [1.165, 1.54) is 0 Å². The van der Waals surface area contributed by atoms with E-state index in [1.807, 2.05) is 6.92 Å². The molecule has 3 nitrogen and oxygen atoms in total.